The molecule has 0 aromatic carbocycles. The number of carboxylic acids is 1. The van der Waals surface area contributed by atoms with E-state index in [0.717, 1.165) is 3.79 Å². The van der Waals surface area contributed by atoms with Crippen LogP contribution in [-0.4, -0.2) is 39.1 Å². The van der Waals surface area contributed by atoms with Gasteiger partial charge >= 0.3 is 5.97 Å². The lowest BCUT2D eigenvalue weighted by molar-refractivity contribution is -0.141. The first kappa shape index (κ1) is 14.4. The van der Waals surface area contributed by atoms with Crippen molar-refractivity contribution in [2.24, 2.45) is 0 Å². The molecule has 1 aliphatic heterocycles. The van der Waals surface area contributed by atoms with Gasteiger partial charge in [0.15, 0.2) is 0 Å². The SMILES string of the molecule is CC1SCC(C(=O)O)N1C(=O)c1cc(Br)sc1Br. The Hall–Kier alpha value is -0.0500. The van der Waals surface area contributed by atoms with Crippen LogP contribution in [0.2, 0.25) is 0 Å². The van der Waals surface area contributed by atoms with Crippen LogP contribution in [-0.2, 0) is 4.79 Å². The van der Waals surface area contributed by atoms with Crippen LogP contribution in [0.15, 0.2) is 13.6 Å². The van der Waals surface area contributed by atoms with E-state index in [-0.39, 0.29) is 11.3 Å². The van der Waals surface area contributed by atoms with Crippen molar-refractivity contribution >= 4 is 66.8 Å². The molecule has 98 valence electrons. The molecule has 0 saturated carbocycles. The molecule has 1 saturated heterocycles. The smallest absolute Gasteiger partial charge is 0.327 e. The van der Waals surface area contributed by atoms with Gasteiger partial charge in [-0.2, -0.15) is 0 Å². The summed E-state index contributed by atoms with van der Waals surface area (Å²) >= 11 is 9.52. The number of thioether (sulfide) groups is 1. The number of rotatable bonds is 2. The lowest BCUT2D eigenvalue weighted by Crippen LogP contribution is -2.44. The molecule has 1 aliphatic rings. The largest absolute Gasteiger partial charge is 0.480 e. The Morgan fingerprint density at radius 3 is 2.67 bits per heavy atom. The van der Waals surface area contributed by atoms with Gasteiger partial charge in [0.1, 0.15) is 6.04 Å². The molecular formula is C10H9Br2NO3S2. The molecule has 2 unspecified atom stereocenters. The molecule has 4 nitrogen and oxygen atoms in total. The van der Waals surface area contributed by atoms with Gasteiger partial charge in [0.25, 0.3) is 5.91 Å². The minimum atomic E-state index is -0.953. The average Bonchev–Trinajstić information content (AvgIpc) is 2.81. The predicted octanol–water partition coefficient (Wildman–Crippen LogP) is 3.26. The summed E-state index contributed by atoms with van der Waals surface area (Å²) in [5.74, 6) is -0.759. The summed E-state index contributed by atoms with van der Waals surface area (Å²) < 4.78 is 1.55. The van der Waals surface area contributed by atoms with E-state index in [2.05, 4.69) is 31.9 Å². The Balaban J connectivity index is 2.32. The fourth-order valence-electron chi connectivity index (χ4n) is 1.77. The number of carboxylic acid groups (broad SMARTS) is 1. The van der Waals surface area contributed by atoms with E-state index in [4.69, 9.17) is 5.11 Å². The van der Waals surface area contributed by atoms with Crippen LogP contribution in [0.25, 0.3) is 0 Å². The van der Waals surface area contributed by atoms with Crippen LogP contribution in [0.1, 0.15) is 17.3 Å². The first-order valence-electron chi connectivity index (χ1n) is 5.03. The summed E-state index contributed by atoms with van der Waals surface area (Å²) in [5.41, 5.74) is 0.507. The standard InChI is InChI=1S/C10H9Br2NO3S2/c1-4-13(6(3-17-4)10(15)16)9(14)5-2-7(11)18-8(5)12/h2,4,6H,3H2,1H3,(H,15,16). The van der Waals surface area contributed by atoms with Gasteiger partial charge in [0, 0.05) is 5.75 Å². The van der Waals surface area contributed by atoms with E-state index in [1.807, 2.05) is 6.92 Å². The fourth-order valence-corrected chi connectivity index (χ4v) is 5.71. The number of thiophene rings is 1. The average molecular weight is 415 g/mol. The fraction of sp³-hybridized carbons (Fsp3) is 0.400. The number of amides is 1. The van der Waals surface area contributed by atoms with Gasteiger partial charge in [-0.3, -0.25) is 4.79 Å². The zero-order valence-electron chi connectivity index (χ0n) is 9.22. The Labute approximate surface area is 129 Å². The lowest BCUT2D eigenvalue weighted by atomic mass is 10.2. The molecule has 18 heavy (non-hydrogen) atoms. The van der Waals surface area contributed by atoms with E-state index in [1.54, 1.807) is 6.07 Å². The Morgan fingerprint density at radius 1 is 1.50 bits per heavy atom. The number of hydrogen-bond donors (Lipinski definition) is 1. The number of aliphatic carboxylic acids is 1. The van der Waals surface area contributed by atoms with Crippen molar-refractivity contribution < 1.29 is 14.7 Å². The molecule has 1 amide bonds. The normalized spacial score (nSPS) is 23.4. The summed E-state index contributed by atoms with van der Waals surface area (Å²) in [4.78, 5) is 25.0. The van der Waals surface area contributed by atoms with Crippen molar-refractivity contribution in [3.63, 3.8) is 0 Å². The maximum absolute atomic E-state index is 12.4. The minimum absolute atomic E-state index is 0.121. The number of carbonyl (C=O) groups excluding carboxylic acids is 1. The zero-order valence-corrected chi connectivity index (χ0v) is 14.0. The summed E-state index contributed by atoms with van der Waals surface area (Å²) in [6, 6.07) is 0.967. The van der Waals surface area contributed by atoms with E-state index >= 15 is 0 Å². The molecule has 8 heteroatoms. The van der Waals surface area contributed by atoms with Crippen molar-refractivity contribution in [2.45, 2.75) is 18.3 Å². The van der Waals surface area contributed by atoms with Gasteiger partial charge in [-0.25, -0.2) is 4.79 Å². The van der Waals surface area contributed by atoms with Crippen LogP contribution < -0.4 is 0 Å². The van der Waals surface area contributed by atoms with Crippen LogP contribution >= 0.6 is 55.0 Å². The molecule has 2 heterocycles. The molecule has 0 bridgehead atoms. The third-order valence-corrected chi connectivity index (χ3v) is 6.19. The molecule has 2 rings (SSSR count). The second-order valence-electron chi connectivity index (χ2n) is 3.74. The number of halogens is 2. The van der Waals surface area contributed by atoms with Gasteiger partial charge in [-0.05, 0) is 44.8 Å². The van der Waals surface area contributed by atoms with E-state index < -0.39 is 12.0 Å². The zero-order chi connectivity index (χ0) is 13.4. The lowest BCUT2D eigenvalue weighted by Gasteiger charge is -2.24. The second kappa shape index (κ2) is 5.52. The number of hydrogen-bond acceptors (Lipinski definition) is 4. The summed E-state index contributed by atoms with van der Waals surface area (Å²) in [6.07, 6.45) is 0. The first-order valence-corrected chi connectivity index (χ1v) is 8.49. The van der Waals surface area contributed by atoms with Gasteiger partial charge < -0.3 is 10.0 Å². The molecular weight excluding hydrogens is 406 g/mol. The topological polar surface area (TPSA) is 57.6 Å². The maximum atomic E-state index is 12.4. The molecule has 1 aromatic heterocycles. The van der Waals surface area contributed by atoms with Gasteiger partial charge in [0.2, 0.25) is 0 Å². The third kappa shape index (κ3) is 2.61. The highest BCUT2D eigenvalue weighted by atomic mass is 79.9. The number of carbonyl (C=O) groups is 2. The molecule has 2 atom stereocenters. The highest BCUT2D eigenvalue weighted by Crippen LogP contribution is 2.36. The summed E-state index contributed by atoms with van der Waals surface area (Å²) in [5, 5.41) is 9.03. The van der Waals surface area contributed by atoms with Gasteiger partial charge in [-0.1, -0.05) is 0 Å². The van der Waals surface area contributed by atoms with Crippen molar-refractivity contribution in [1.82, 2.24) is 4.90 Å². The Kier molecular flexibility index (Phi) is 4.40. The summed E-state index contributed by atoms with van der Waals surface area (Å²) in [7, 11) is 0. The van der Waals surface area contributed by atoms with Crippen LogP contribution in [0.4, 0.5) is 0 Å². The molecule has 0 radical (unpaired) electrons. The van der Waals surface area contributed by atoms with Gasteiger partial charge in [-0.15, -0.1) is 23.1 Å². The predicted molar refractivity (Wildman–Crippen MR) is 79.2 cm³/mol. The molecule has 1 N–H and O–H groups in total. The van der Waals surface area contributed by atoms with E-state index in [9.17, 15) is 9.59 Å². The van der Waals surface area contributed by atoms with Gasteiger partial charge in [0.05, 0.1) is 18.5 Å². The van der Waals surface area contributed by atoms with Crippen LogP contribution in [0.5, 0.6) is 0 Å². The second-order valence-corrected chi connectivity index (χ2v) is 8.84. The van der Waals surface area contributed by atoms with Crippen LogP contribution in [0, 0.1) is 0 Å². The van der Waals surface area contributed by atoms with Crippen molar-refractivity contribution in [3.8, 4) is 0 Å². The van der Waals surface area contributed by atoms with E-state index in [1.165, 1.54) is 28.0 Å². The highest BCUT2D eigenvalue weighted by Gasteiger charge is 2.40. The van der Waals surface area contributed by atoms with Crippen molar-refractivity contribution in [2.75, 3.05) is 5.75 Å². The highest BCUT2D eigenvalue weighted by molar-refractivity contribution is 9.12. The minimum Gasteiger partial charge on any atom is -0.480 e. The Morgan fingerprint density at radius 2 is 2.17 bits per heavy atom. The van der Waals surface area contributed by atoms with Crippen LogP contribution in [0.3, 0.4) is 0 Å². The molecule has 1 fully saturated rings. The molecule has 0 spiro atoms. The monoisotopic (exact) mass is 413 g/mol. The molecule has 1 aromatic rings. The van der Waals surface area contributed by atoms with E-state index in [0.29, 0.717) is 15.1 Å². The van der Waals surface area contributed by atoms with Crippen molar-refractivity contribution in [3.05, 3.63) is 19.2 Å². The third-order valence-electron chi connectivity index (χ3n) is 2.63. The summed E-state index contributed by atoms with van der Waals surface area (Å²) in [6.45, 7) is 1.85. The first-order chi connectivity index (χ1) is 8.41. The molecule has 0 aliphatic carbocycles. The van der Waals surface area contributed by atoms with Crippen molar-refractivity contribution in [1.29, 1.82) is 0 Å². The number of nitrogens with zero attached hydrogens (tertiary/aromatic N) is 1. The quantitative estimate of drug-likeness (QED) is 0.806. The maximum Gasteiger partial charge on any atom is 0.327 e. The Bertz CT molecular complexity index is 505.